The number of rotatable bonds is 13. The Morgan fingerprint density at radius 2 is 1.34 bits per heavy atom. The highest BCUT2D eigenvalue weighted by molar-refractivity contribution is 8.14. The van der Waals surface area contributed by atoms with Crippen LogP contribution in [-0.2, 0) is 27.5 Å². The molecule has 0 aromatic heterocycles. The van der Waals surface area contributed by atoms with E-state index >= 15 is 0 Å². The van der Waals surface area contributed by atoms with Gasteiger partial charge in [-0.25, -0.2) is 0 Å². The highest BCUT2D eigenvalue weighted by atomic mass is 32.2. The minimum absolute atomic E-state index is 0.175. The van der Waals surface area contributed by atoms with E-state index in [2.05, 4.69) is 0 Å². The Balaban J connectivity index is 1.96. The van der Waals surface area contributed by atoms with Crippen molar-refractivity contribution >= 4 is 23.0 Å². The minimum Gasteiger partial charge on any atom is -0.394 e. The van der Waals surface area contributed by atoms with Crippen molar-refractivity contribution in [2.45, 2.75) is 63.0 Å². The molecule has 0 bridgehead atoms. The van der Waals surface area contributed by atoms with Gasteiger partial charge in [0.05, 0.1) is 26.2 Å². The number of carbonyl (C=O) groups is 1. The summed E-state index contributed by atoms with van der Waals surface area (Å²) >= 11 is 1.18. The summed E-state index contributed by atoms with van der Waals surface area (Å²) in [4.78, 5) is 13.2. The lowest BCUT2D eigenvalue weighted by molar-refractivity contribution is -0.171. The fraction of sp³-hybridized carbons (Fsp3) is 0.344. The molecule has 0 saturated heterocycles. The number of carbonyl (C=O) groups excluding carboxylic acids is 1. The van der Waals surface area contributed by atoms with Gasteiger partial charge in [-0.15, -0.1) is 0 Å². The predicted molar refractivity (Wildman–Crippen MR) is 155 cm³/mol. The number of benzene rings is 3. The topological polar surface area (TPSA) is 76.0 Å². The number of hydrogen-bond donors (Lipinski definition) is 2. The van der Waals surface area contributed by atoms with E-state index in [1.54, 1.807) is 12.2 Å². The van der Waals surface area contributed by atoms with Crippen molar-refractivity contribution in [3.8, 4) is 0 Å². The molecule has 202 valence electrons. The Kier molecular flexibility index (Phi) is 11.3. The summed E-state index contributed by atoms with van der Waals surface area (Å²) < 4.78 is 12.1. The molecule has 3 atom stereocenters. The van der Waals surface area contributed by atoms with Crippen molar-refractivity contribution in [2.75, 3.05) is 6.61 Å². The molecule has 0 fully saturated rings. The maximum absolute atomic E-state index is 13.2. The molecular formula is C32H38O5S. The van der Waals surface area contributed by atoms with E-state index < -0.39 is 24.4 Å². The maximum atomic E-state index is 13.2. The van der Waals surface area contributed by atoms with Crippen LogP contribution < -0.4 is 0 Å². The third-order valence-electron chi connectivity index (χ3n) is 5.80. The summed E-state index contributed by atoms with van der Waals surface area (Å²) in [6.07, 6.45) is 1.26. The van der Waals surface area contributed by atoms with Crippen molar-refractivity contribution in [2.24, 2.45) is 0 Å². The first-order valence-electron chi connectivity index (χ1n) is 12.8. The molecule has 6 heteroatoms. The first-order chi connectivity index (χ1) is 18.2. The van der Waals surface area contributed by atoms with E-state index in [1.807, 2.05) is 112 Å². The minimum atomic E-state index is -1.75. The molecule has 0 aliphatic heterocycles. The lowest BCUT2D eigenvalue weighted by atomic mass is 9.88. The smallest absolute Gasteiger partial charge is 0.192 e. The van der Waals surface area contributed by atoms with E-state index in [0.29, 0.717) is 0 Å². The van der Waals surface area contributed by atoms with Gasteiger partial charge >= 0.3 is 0 Å². The summed E-state index contributed by atoms with van der Waals surface area (Å²) in [6.45, 7) is 5.87. The van der Waals surface area contributed by atoms with Gasteiger partial charge in [0.15, 0.2) is 5.12 Å². The molecule has 0 spiro atoms. The fourth-order valence-corrected chi connectivity index (χ4v) is 5.00. The quantitative estimate of drug-likeness (QED) is 0.278. The maximum Gasteiger partial charge on any atom is 0.192 e. The molecule has 0 unspecified atom stereocenters. The third-order valence-corrected chi connectivity index (χ3v) is 6.79. The Morgan fingerprint density at radius 1 is 0.842 bits per heavy atom. The van der Waals surface area contributed by atoms with E-state index in [1.165, 1.54) is 11.8 Å². The van der Waals surface area contributed by atoms with Crippen molar-refractivity contribution in [1.82, 2.24) is 0 Å². The third kappa shape index (κ3) is 9.86. The molecule has 2 N–H and O–H groups in total. The Hall–Kier alpha value is -2.74. The summed E-state index contributed by atoms with van der Waals surface area (Å²) in [5.41, 5.74) is 0.955. The molecule has 3 aromatic rings. The van der Waals surface area contributed by atoms with Gasteiger partial charge < -0.3 is 19.7 Å². The Bertz CT molecular complexity index is 1130. The highest BCUT2D eigenvalue weighted by Crippen LogP contribution is 2.33. The number of hydrogen-bond acceptors (Lipinski definition) is 6. The molecule has 3 aromatic carbocycles. The first-order valence-corrected chi connectivity index (χ1v) is 13.6. The SMILES string of the molecule is CC(C)(C)SC(=O)C[C@](O)(/C=C\c1ccccc1)[C@@H](OCc1ccccc1)[C@@H](CO)OCc1ccccc1. The van der Waals surface area contributed by atoms with Crippen LogP contribution in [0.4, 0.5) is 0 Å². The molecule has 0 radical (unpaired) electrons. The molecule has 0 heterocycles. The molecule has 0 saturated carbocycles. The second-order valence-corrected chi connectivity index (χ2v) is 12.1. The van der Waals surface area contributed by atoms with Crippen LogP contribution in [0.3, 0.4) is 0 Å². The van der Waals surface area contributed by atoms with Gasteiger partial charge in [-0.3, -0.25) is 4.79 Å². The van der Waals surface area contributed by atoms with Crippen LogP contribution >= 0.6 is 11.8 Å². The summed E-state index contributed by atoms with van der Waals surface area (Å²) in [7, 11) is 0. The normalized spacial score (nSPS) is 15.2. The van der Waals surface area contributed by atoms with Crippen molar-refractivity contribution in [3.63, 3.8) is 0 Å². The van der Waals surface area contributed by atoms with Crippen LogP contribution in [0.1, 0.15) is 43.9 Å². The highest BCUT2D eigenvalue weighted by Gasteiger charge is 2.43. The van der Waals surface area contributed by atoms with Crippen LogP contribution in [0.5, 0.6) is 0 Å². The van der Waals surface area contributed by atoms with Gasteiger partial charge in [0.1, 0.15) is 17.8 Å². The lowest BCUT2D eigenvalue weighted by Gasteiger charge is -2.38. The number of aliphatic hydroxyl groups excluding tert-OH is 1. The Morgan fingerprint density at radius 3 is 1.84 bits per heavy atom. The van der Waals surface area contributed by atoms with Crippen molar-refractivity contribution < 1.29 is 24.5 Å². The zero-order valence-corrected chi connectivity index (χ0v) is 23.1. The second-order valence-electron chi connectivity index (χ2n) is 10.2. The van der Waals surface area contributed by atoms with Gasteiger partial charge in [0.2, 0.25) is 0 Å². The number of ether oxygens (including phenoxy) is 2. The van der Waals surface area contributed by atoms with Crippen LogP contribution in [0.25, 0.3) is 6.08 Å². The molecule has 0 aliphatic rings. The van der Waals surface area contributed by atoms with Crippen LogP contribution in [0.2, 0.25) is 0 Å². The van der Waals surface area contributed by atoms with Crippen LogP contribution in [0, 0.1) is 0 Å². The largest absolute Gasteiger partial charge is 0.394 e. The van der Waals surface area contributed by atoms with E-state index in [4.69, 9.17) is 9.47 Å². The number of thioether (sulfide) groups is 1. The van der Waals surface area contributed by atoms with Gasteiger partial charge in [-0.2, -0.15) is 0 Å². The van der Waals surface area contributed by atoms with Crippen LogP contribution in [0.15, 0.2) is 97.1 Å². The lowest BCUT2D eigenvalue weighted by Crippen LogP contribution is -2.52. The van der Waals surface area contributed by atoms with Crippen molar-refractivity contribution in [3.05, 3.63) is 114 Å². The fourth-order valence-electron chi connectivity index (χ4n) is 4.01. The Labute approximate surface area is 230 Å². The van der Waals surface area contributed by atoms with Gasteiger partial charge in [-0.05, 0) is 22.8 Å². The van der Waals surface area contributed by atoms with E-state index in [9.17, 15) is 15.0 Å². The molecule has 38 heavy (non-hydrogen) atoms. The number of aliphatic hydroxyl groups is 2. The van der Waals surface area contributed by atoms with Gasteiger partial charge in [0.25, 0.3) is 0 Å². The molecule has 3 rings (SSSR count). The predicted octanol–water partition coefficient (Wildman–Crippen LogP) is 6.04. The van der Waals surface area contributed by atoms with E-state index in [-0.39, 0.29) is 29.5 Å². The summed E-state index contributed by atoms with van der Waals surface area (Å²) in [5, 5.41) is 22.4. The van der Waals surface area contributed by atoms with Crippen LogP contribution in [-0.4, -0.2) is 44.5 Å². The zero-order valence-electron chi connectivity index (χ0n) is 22.3. The van der Waals surface area contributed by atoms with Gasteiger partial charge in [-0.1, -0.05) is 130 Å². The van der Waals surface area contributed by atoms with Crippen molar-refractivity contribution in [1.29, 1.82) is 0 Å². The summed E-state index contributed by atoms with van der Waals surface area (Å²) in [6, 6.07) is 28.8. The second kappa shape index (κ2) is 14.4. The van der Waals surface area contributed by atoms with E-state index in [0.717, 1.165) is 16.7 Å². The zero-order chi connectivity index (χ0) is 27.4. The molecule has 0 amide bonds. The summed E-state index contributed by atoms with van der Waals surface area (Å²) in [5.74, 6) is 0. The standard InChI is InChI=1S/C32H38O5S/c1-31(2,3)38-29(34)21-32(35,20-19-25-13-7-4-8-14-25)30(37-24-27-17-11-6-12-18-27)28(22-33)36-23-26-15-9-5-10-16-26/h4-20,28,30,33,35H,21-24H2,1-3H3/b20-19-/t28-,30+,32-/m1/s1. The molecule has 5 nitrogen and oxygen atoms in total. The molecule has 0 aliphatic carbocycles. The van der Waals surface area contributed by atoms with Gasteiger partial charge in [0, 0.05) is 4.75 Å². The average molecular weight is 535 g/mol. The molecular weight excluding hydrogens is 496 g/mol. The first kappa shape index (κ1) is 29.8. The monoisotopic (exact) mass is 534 g/mol. The average Bonchev–Trinajstić information content (AvgIpc) is 2.90.